The van der Waals surface area contributed by atoms with Crippen LogP contribution in [-0.2, 0) is 17.8 Å². The second kappa shape index (κ2) is 9.94. The van der Waals surface area contributed by atoms with Gasteiger partial charge >= 0.3 is 0 Å². The lowest BCUT2D eigenvalue weighted by Crippen LogP contribution is -2.15. The Morgan fingerprint density at radius 2 is 2.06 bits per heavy atom. The molecule has 4 aromatic rings. The second-order valence-electron chi connectivity index (χ2n) is 7.93. The minimum absolute atomic E-state index is 0.0103. The van der Waals surface area contributed by atoms with Crippen LogP contribution in [0.5, 0.6) is 0 Å². The van der Waals surface area contributed by atoms with Crippen LogP contribution in [-0.4, -0.2) is 15.7 Å². The average Bonchev–Trinajstić information content (AvgIpc) is 3.42. The maximum Gasteiger partial charge on any atom is 0.233 e. The van der Waals surface area contributed by atoms with Gasteiger partial charge in [-0.05, 0) is 77.6 Å². The quantitative estimate of drug-likeness (QED) is 0.273. The van der Waals surface area contributed by atoms with E-state index in [0.717, 1.165) is 34.7 Å². The third kappa shape index (κ3) is 5.14. The van der Waals surface area contributed by atoms with Gasteiger partial charge in [0, 0.05) is 21.2 Å². The van der Waals surface area contributed by atoms with Crippen LogP contribution in [0, 0.1) is 0 Å². The highest BCUT2D eigenvalue weighted by Gasteiger charge is 2.20. The summed E-state index contributed by atoms with van der Waals surface area (Å²) < 4.78 is 7.26. The van der Waals surface area contributed by atoms with Gasteiger partial charge < -0.3 is 0 Å². The topological polar surface area (TPSA) is 46.9 Å². The molecule has 2 aromatic heterocycles. The highest BCUT2D eigenvalue weighted by molar-refractivity contribution is 7.99. The molecular formula is C25H21Cl2N3OS2. The molecule has 33 heavy (non-hydrogen) atoms. The molecule has 0 saturated carbocycles. The lowest BCUT2D eigenvalue weighted by atomic mass is 9.92. The van der Waals surface area contributed by atoms with Gasteiger partial charge in [0.05, 0.1) is 22.6 Å². The summed E-state index contributed by atoms with van der Waals surface area (Å²) in [4.78, 5) is 12.6. The summed E-state index contributed by atoms with van der Waals surface area (Å²) in [7, 11) is 0. The van der Waals surface area contributed by atoms with Crippen LogP contribution >= 0.6 is 46.5 Å². The molecule has 5 rings (SSSR count). The number of carbonyl (C=O) groups is 1. The minimum Gasteiger partial charge on any atom is -0.295 e. The Hall–Kier alpha value is -2.25. The third-order valence-corrected chi connectivity index (χ3v) is 8.30. The van der Waals surface area contributed by atoms with E-state index in [9.17, 15) is 4.79 Å². The van der Waals surface area contributed by atoms with Crippen molar-refractivity contribution in [3.8, 4) is 0 Å². The summed E-state index contributed by atoms with van der Waals surface area (Å²) in [6.07, 6.45) is 7.30. The molecule has 8 heteroatoms. The molecule has 1 N–H and O–H groups in total. The molecule has 0 bridgehead atoms. The normalized spacial score (nSPS) is 14.5. The number of amides is 1. The van der Waals surface area contributed by atoms with E-state index in [4.69, 9.17) is 23.2 Å². The Balaban J connectivity index is 1.27. The fourth-order valence-corrected chi connectivity index (χ4v) is 6.38. The Bertz CT molecular complexity index is 1330. The van der Waals surface area contributed by atoms with Crippen LogP contribution in [0.4, 0.5) is 0 Å². The molecule has 168 valence electrons. The lowest BCUT2D eigenvalue weighted by Gasteiger charge is -2.18. The van der Waals surface area contributed by atoms with Crippen molar-refractivity contribution >= 4 is 68.1 Å². The van der Waals surface area contributed by atoms with Crippen LogP contribution in [0.1, 0.15) is 36.1 Å². The molecule has 1 aliphatic rings. The largest absolute Gasteiger partial charge is 0.295 e. The van der Waals surface area contributed by atoms with Gasteiger partial charge in [-0.15, -0.1) is 11.3 Å². The number of halogens is 2. The smallest absolute Gasteiger partial charge is 0.233 e. The van der Waals surface area contributed by atoms with Crippen molar-refractivity contribution in [1.82, 2.24) is 14.5 Å². The number of hydrogen-bond donors (Lipinski definition) is 1. The van der Waals surface area contributed by atoms with Crippen molar-refractivity contribution in [3.05, 3.63) is 87.7 Å². The van der Waals surface area contributed by atoms with Crippen molar-refractivity contribution in [2.45, 2.75) is 36.4 Å². The average molecular weight is 515 g/mol. The van der Waals surface area contributed by atoms with Crippen molar-refractivity contribution in [1.29, 1.82) is 0 Å². The number of carbonyl (C=O) groups excluding carboxylic acids is 1. The van der Waals surface area contributed by atoms with Gasteiger partial charge in [-0.1, -0.05) is 53.5 Å². The number of hydrogen-bond acceptors (Lipinski definition) is 4. The Morgan fingerprint density at radius 1 is 1.18 bits per heavy atom. The molecule has 0 radical (unpaired) electrons. The van der Waals surface area contributed by atoms with E-state index in [2.05, 4.69) is 28.0 Å². The van der Waals surface area contributed by atoms with Gasteiger partial charge in [0.15, 0.2) is 0 Å². The van der Waals surface area contributed by atoms with Crippen LogP contribution in [0.2, 0.25) is 10.0 Å². The summed E-state index contributed by atoms with van der Waals surface area (Å²) in [5.74, 6) is -0.0103. The molecule has 0 saturated heterocycles. The number of fused-ring (bicyclic) bond motifs is 2. The zero-order chi connectivity index (χ0) is 22.8. The van der Waals surface area contributed by atoms with Crippen molar-refractivity contribution in [2.24, 2.45) is 0 Å². The van der Waals surface area contributed by atoms with Crippen LogP contribution < -0.4 is 4.72 Å². The number of thiophene rings is 1. The number of aromatic nitrogens is 2. The molecule has 4 nitrogen and oxygen atoms in total. The first-order valence-corrected chi connectivity index (χ1v) is 13.1. The van der Waals surface area contributed by atoms with Crippen LogP contribution in [0.25, 0.3) is 15.7 Å². The van der Waals surface area contributed by atoms with E-state index in [1.807, 2.05) is 41.2 Å². The van der Waals surface area contributed by atoms with E-state index in [1.54, 1.807) is 17.4 Å². The molecule has 0 spiro atoms. The van der Waals surface area contributed by atoms with Crippen LogP contribution in [0.15, 0.2) is 65.0 Å². The standard InChI is InChI=1S/C25H21Cl2N3OS2/c26-20-10-8-19(21(27)13-20)15-30-25-16(5-3-6-18(25)14-28-30)9-11-23(31)29-33-24-12-17-4-1-2-7-22(17)32-24/h1-2,4,7-10,12-14H,3,5-6,11,15H2,(H,29,31)/b16-9+. The van der Waals surface area contributed by atoms with Crippen molar-refractivity contribution in [3.63, 3.8) is 0 Å². The fourth-order valence-electron chi connectivity index (χ4n) is 4.07. The molecule has 0 fully saturated rings. The van der Waals surface area contributed by atoms with E-state index >= 15 is 0 Å². The lowest BCUT2D eigenvalue weighted by molar-refractivity contribution is -0.118. The monoisotopic (exact) mass is 513 g/mol. The summed E-state index contributed by atoms with van der Waals surface area (Å²) in [5.41, 5.74) is 4.46. The van der Waals surface area contributed by atoms with E-state index in [1.165, 1.54) is 33.2 Å². The van der Waals surface area contributed by atoms with E-state index < -0.39 is 0 Å². The van der Waals surface area contributed by atoms with Crippen molar-refractivity contribution in [2.75, 3.05) is 0 Å². The maximum atomic E-state index is 12.6. The molecule has 2 heterocycles. The highest BCUT2D eigenvalue weighted by atomic mass is 35.5. The Kier molecular flexibility index (Phi) is 6.79. The third-order valence-electron chi connectivity index (χ3n) is 5.65. The first kappa shape index (κ1) is 22.5. The summed E-state index contributed by atoms with van der Waals surface area (Å²) >= 11 is 15.5. The SMILES string of the molecule is O=C(C/C=C1\CCCc2cnn(Cc3ccc(Cl)cc3Cl)c21)NSc1cc2ccccc2s1. The number of aryl methyl sites for hydroxylation is 1. The number of nitrogens with zero attached hydrogens (tertiary/aromatic N) is 2. The van der Waals surface area contributed by atoms with E-state index in [0.29, 0.717) is 23.0 Å². The minimum atomic E-state index is -0.0103. The van der Waals surface area contributed by atoms with Crippen molar-refractivity contribution < 1.29 is 4.79 Å². The highest BCUT2D eigenvalue weighted by Crippen LogP contribution is 2.33. The number of nitrogens with one attached hydrogen (secondary N) is 1. The summed E-state index contributed by atoms with van der Waals surface area (Å²) in [6, 6.07) is 15.9. The predicted octanol–water partition coefficient (Wildman–Crippen LogP) is 7.39. The molecule has 2 aromatic carbocycles. The maximum absolute atomic E-state index is 12.6. The first-order valence-electron chi connectivity index (χ1n) is 10.7. The van der Waals surface area contributed by atoms with Gasteiger partial charge in [-0.25, -0.2) is 0 Å². The number of rotatable bonds is 6. The molecule has 0 atom stereocenters. The summed E-state index contributed by atoms with van der Waals surface area (Å²) in [6.45, 7) is 0.566. The molecule has 0 unspecified atom stereocenters. The molecule has 0 aliphatic heterocycles. The van der Waals surface area contributed by atoms with Crippen LogP contribution in [0.3, 0.4) is 0 Å². The fraction of sp³-hybridized carbons (Fsp3) is 0.200. The zero-order valence-corrected chi connectivity index (χ0v) is 20.8. The van der Waals surface area contributed by atoms with E-state index in [-0.39, 0.29) is 5.91 Å². The van der Waals surface area contributed by atoms with Gasteiger partial charge in [-0.2, -0.15) is 5.10 Å². The molecule has 1 amide bonds. The van der Waals surface area contributed by atoms with Gasteiger partial charge in [0.2, 0.25) is 5.91 Å². The summed E-state index contributed by atoms with van der Waals surface area (Å²) in [5, 5.41) is 7.06. The Morgan fingerprint density at radius 3 is 2.91 bits per heavy atom. The zero-order valence-electron chi connectivity index (χ0n) is 17.7. The second-order valence-corrected chi connectivity index (χ2v) is 11.0. The van der Waals surface area contributed by atoms with Gasteiger partial charge in [-0.3, -0.25) is 14.2 Å². The molecule has 1 aliphatic carbocycles. The number of allylic oxidation sites excluding steroid dienone is 1. The predicted molar refractivity (Wildman–Crippen MR) is 139 cm³/mol. The van der Waals surface area contributed by atoms with Gasteiger partial charge in [0.25, 0.3) is 0 Å². The number of benzene rings is 2. The van der Waals surface area contributed by atoms with Gasteiger partial charge in [0.1, 0.15) is 0 Å². The Labute approximate surface area is 210 Å². The molecular weight excluding hydrogens is 493 g/mol. The first-order chi connectivity index (χ1) is 16.1.